The first kappa shape index (κ1) is 23.5. The number of fused-ring (bicyclic) bond motifs is 1. The van der Waals surface area contributed by atoms with E-state index in [9.17, 15) is 0 Å². The number of nitrogens with two attached hydrogens (primary N) is 1. The highest BCUT2D eigenvalue weighted by Gasteiger charge is 2.23. The van der Waals surface area contributed by atoms with Crippen molar-refractivity contribution < 1.29 is 4.74 Å². The number of nitrogens with zero attached hydrogens (tertiary/aromatic N) is 7. The summed E-state index contributed by atoms with van der Waals surface area (Å²) in [6.07, 6.45) is 6.65. The lowest BCUT2D eigenvalue weighted by atomic mass is 9.99. The number of ether oxygens (including phenoxy) is 1. The summed E-state index contributed by atoms with van der Waals surface area (Å²) in [5.41, 5.74) is 12.6. The molecule has 1 fully saturated rings. The van der Waals surface area contributed by atoms with E-state index in [0.717, 1.165) is 28.0 Å². The zero-order valence-corrected chi connectivity index (χ0v) is 21.1. The fourth-order valence-corrected chi connectivity index (χ4v) is 4.49. The van der Waals surface area contributed by atoms with Crippen molar-refractivity contribution in [2.75, 3.05) is 5.32 Å². The number of H-pyrrole nitrogens is 1. The van der Waals surface area contributed by atoms with Gasteiger partial charge in [0.05, 0.1) is 5.69 Å². The van der Waals surface area contributed by atoms with Crippen molar-refractivity contribution in [2.45, 2.75) is 45.8 Å². The van der Waals surface area contributed by atoms with Gasteiger partial charge in [0.25, 0.3) is 0 Å². The Morgan fingerprint density at radius 1 is 1.11 bits per heavy atom. The predicted octanol–water partition coefficient (Wildman–Crippen LogP) is 3.27. The third-order valence-corrected chi connectivity index (χ3v) is 6.64. The molecule has 5 N–H and O–H groups in total. The summed E-state index contributed by atoms with van der Waals surface area (Å²) in [7, 11) is 0. The molecule has 0 bridgehead atoms. The van der Waals surface area contributed by atoms with Gasteiger partial charge < -0.3 is 20.2 Å². The number of nitrogen functional groups attached to an aromatic ring is 1. The lowest BCUT2D eigenvalue weighted by Crippen LogP contribution is -2.13. The van der Waals surface area contributed by atoms with E-state index in [-0.39, 0.29) is 24.1 Å². The number of rotatable bonds is 9. The van der Waals surface area contributed by atoms with E-state index in [2.05, 4.69) is 53.2 Å². The molecule has 1 aliphatic carbocycles. The Labute approximate surface area is 218 Å². The van der Waals surface area contributed by atoms with Crippen LogP contribution in [0.1, 0.15) is 52.3 Å². The Hall–Kier alpha value is -4.87. The number of hydrogen-bond donors (Lipinski definition) is 4. The first-order chi connectivity index (χ1) is 18.4. The van der Waals surface area contributed by atoms with Crippen LogP contribution in [0.5, 0.6) is 5.88 Å². The molecule has 4 aromatic heterocycles. The van der Waals surface area contributed by atoms with E-state index >= 15 is 0 Å². The Morgan fingerprint density at radius 3 is 2.63 bits per heavy atom. The van der Waals surface area contributed by atoms with Crippen LogP contribution in [-0.4, -0.2) is 45.8 Å². The van der Waals surface area contributed by atoms with Crippen molar-refractivity contribution in [1.82, 2.24) is 40.0 Å². The third kappa shape index (κ3) is 4.88. The van der Waals surface area contributed by atoms with E-state index in [1.807, 2.05) is 42.6 Å². The van der Waals surface area contributed by atoms with Gasteiger partial charge in [-0.2, -0.15) is 10.2 Å². The SMILES string of the molecule is Cc1cc(C(=N)N)cc(C)c1CNc1cc(OCc2cn3cc(C4CC4)ccc3n2)nc(-c2nn[nH]n2)n1. The molecule has 1 saturated carbocycles. The summed E-state index contributed by atoms with van der Waals surface area (Å²) < 4.78 is 8.09. The number of aromatic nitrogens is 8. The molecular weight excluding hydrogens is 482 g/mol. The van der Waals surface area contributed by atoms with Gasteiger partial charge in [-0.1, -0.05) is 6.07 Å². The molecule has 0 saturated heterocycles. The molecule has 1 aliphatic rings. The van der Waals surface area contributed by atoms with Gasteiger partial charge in [-0.3, -0.25) is 5.41 Å². The fourth-order valence-electron chi connectivity index (χ4n) is 4.49. The number of benzene rings is 1. The molecule has 6 rings (SSSR count). The number of hydrogen-bond acceptors (Lipinski definition) is 9. The number of imidazole rings is 1. The second kappa shape index (κ2) is 9.54. The highest BCUT2D eigenvalue weighted by Crippen LogP contribution is 2.39. The maximum absolute atomic E-state index is 7.72. The average molecular weight is 510 g/mol. The second-order valence-corrected chi connectivity index (χ2v) is 9.53. The number of amidine groups is 1. The number of aryl methyl sites for hydroxylation is 2. The minimum absolute atomic E-state index is 0.0482. The van der Waals surface area contributed by atoms with Crippen molar-refractivity contribution in [3.05, 3.63) is 76.2 Å². The van der Waals surface area contributed by atoms with Crippen LogP contribution in [0, 0.1) is 19.3 Å². The Balaban J connectivity index is 1.23. The summed E-state index contributed by atoms with van der Waals surface area (Å²) in [6.45, 7) is 4.75. The van der Waals surface area contributed by atoms with Crippen molar-refractivity contribution in [1.29, 1.82) is 5.41 Å². The summed E-state index contributed by atoms with van der Waals surface area (Å²) in [4.78, 5) is 13.7. The van der Waals surface area contributed by atoms with Gasteiger partial charge in [0.15, 0.2) is 0 Å². The number of anilines is 1. The molecule has 12 nitrogen and oxygen atoms in total. The van der Waals surface area contributed by atoms with Gasteiger partial charge in [0.2, 0.25) is 17.5 Å². The number of pyridine rings is 1. The average Bonchev–Trinajstić information content (AvgIpc) is 3.43. The Morgan fingerprint density at radius 2 is 1.92 bits per heavy atom. The molecule has 0 aliphatic heterocycles. The van der Waals surface area contributed by atoms with E-state index in [0.29, 0.717) is 29.7 Å². The topological polar surface area (TPSA) is 169 Å². The monoisotopic (exact) mass is 509 g/mol. The van der Waals surface area contributed by atoms with Crippen molar-refractivity contribution in [2.24, 2.45) is 5.73 Å². The van der Waals surface area contributed by atoms with Gasteiger partial charge >= 0.3 is 0 Å². The maximum atomic E-state index is 7.72. The van der Waals surface area contributed by atoms with Crippen LogP contribution in [0.3, 0.4) is 0 Å². The first-order valence-electron chi connectivity index (χ1n) is 12.3. The van der Waals surface area contributed by atoms with E-state index in [1.54, 1.807) is 6.07 Å². The summed E-state index contributed by atoms with van der Waals surface area (Å²) >= 11 is 0. The first-order valence-corrected chi connectivity index (χ1v) is 12.3. The van der Waals surface area contributed by atoms with Crippen LogP contribution in [0.2, 0.25) is 0 Å². The molecule has 12 heteroatoms. The van der Waals surface area contributed by atoms with Gasteiger partial charge in [-0.25, -0.2) is 9.97 Å². The van der Waals surface area contributed by atoms with Crippen molar-refractivity contribution >= 4 is 17.3 Å². The van der Waals surface area contributed by atoms with Crippen LogP contribution >= 0.6 is 0 Å². The standard InChI is InChI=1S/C26H27N11O/c1-14-7-18(24(27)28)8-15(2)20(14)10-29-21-9-23(32-25(31-21)26-33-35-36-34-26)38-13-19-12-37-11-17(16-3-4-16)5-6-22(37)30-19/h5-9,11-12,16H,3-4,10,13H2,1-2H3,(H3,27,28)(H,29,31,32)(H,33,34,35,36). The smallest absolute Gasteiger partial charge is 0.242 e. The van der Waals surface area contributed by atoms with E-state index < -0.39 is 0 Å². The van der Waals surface area contributed by atoms with Gasteiger partial charge in [0, 0.05) is 30.6 Å². The van der Waals surface area contributed by atoms with Crippen LogP contribution in [0.4, 0.5) is 5.82 Å². The highest BCUT2D eigenvalue weighted by atomic mass is 16.5. The highest BCUT2D eigenvalue weighted by molar-refractivity contribution is 5.95. The quantitative estimate of drug-likeness (QED) is 0.172. The van der Waals surface area contributed by atoms with Crippen LogP contribution in [0.15, 0.2) is 42.7 Å². The lowest BCUT2D eigenvalue weighted by Gasteiger charge is -2.14. The number of aromatic amines is 1. The van der Waals surface area contributed by atoms with Crippen LogP contribution in [-0.2, 0) is 13.2 Å². The predicted molar refractivity (Wildman–Crippen MR) is 141 cm³/mol. The zero-order chi connectivity index (χ0) is 26.2. The Kier molecular flexibility index (Phi) is 5.91. The largest absolute Gasteiger partial charge is 0.471 e. The lowest BCUT2D eigenvalue weighted by molar-refractivity contribution is 0.290. The molecule has 192 valence electrons. The summed E-state index contributed by atoms with van der Waals surface area (Å²) in [5.74, 6) is 2.18. The molecule has 0 unspecified atom stereocenters. The normalized spacial score (nSPS) is 13.1. The minimum Gasteiger partial charge on any atom is -0.471 e. The molecule has 0 radical (unpaired) electrons. The molecule has 0 atom stereocenters. The van der Waals surface area contributed by atoms with E-state index in [1.165, 1.54) is 18.4 Å². The molecule has 0 amide bonds. The molecule has 0 spiro atoms. The molecule has 4 heterocycles. The maximum Gasteiger partial charge on any atom is 0.242 e. The molecule has 1 aromatic carbocycles. The summed E-state index contributed by atoms with van der Waals surface area (Å²) in [6, 6.07) is 9.76. The van der Waals surface area contributed by atoms with Crippen molar-refractivity contribution in [3.63, 3.8) is 0 Å². The minimum atomic E-state index is 0.0482. The zero-order valence-electron chi connectivity index (χ0n) is 21.1. The molecular formula is C26H27N11O. The van der Waals surface area contributed by atoms with E-state index in [4.69, 9.17) is 15.9 Å². The second-order valence-electron chi connectivity index (χ2n) is 9.53. The van der Waals surface area contributed by atoms with Gasteiger partial charge in [-0.15, -0.1) is 10.2 Å². The molecule has 5 aromatic rings. The van der Waals surface area contributed by atoms with Crippen LogP contribution in [0.25, 0.3) is 17.3 Å². The van der Waals surface area contributed by atoms with Gasteiger partial charge in [-0.05, 0) is 78.3 Å². The molecule has 38 heavy (non-hydrogen) atoms. The fraction of sp³-hybridized carbons (Fsp3) is 0.269. The summed E-state index contributed by atoms with van der Waals surface area (Å²) in [5, 5.41) is 25.2. The number of tetrazole rings is 1. The third-order valence-electron chi connectivity index (χ3n) is 6.64. The number of nitrogens with one attached hydrogen (secondary N) is 3. The Bertz CT molecular complexity index is 1610. The van der Waals surface area contributed by atoms with Crippen LogP contribution < -0.4 is 15.8 Å². The van der Waals surface area contributed by atoms with Gasteiger partial charge in [0.1, 0.15) is 23.9 Å². The van der Waals surface area contributed by atoms with Crippen molar-refractivity contribution in [3.8, 4) is 17.5 Å².